The molecule has 4 nitrogen and oxygen atoms in total. The van der Waals surface area contributed by atoms with Crippen molar-refractivity contribution >= 4 is 5.65 Å². The molecule has 0 fully saturated rings. The molecule has 3 aromatic heterocycles. The van der Waals surface area contributed by atoms with Gasteiger partial charge in [-0.25, -0.2) is 9.97 Å². The van der Waals surface area contributed by atoms with Gasteiger partial charge in [0.25, 0.3) is 0 Å². The van der Waals surface area contributed by atoms with Crippen molar-refractivity contribution < 1.29 is 5.11 Å². The second-order valence-electron chi connectivity index (χ2n) is 14.1. The van der Waals surface area contributed by atoms with E-state index in [1.807, 2.05) is 36.4 Å². The molecule has 0 spiro atoms. The van der Waals surface area contributed by atoms with E-state index in [1.54, 1.807) is 0 Å². The molecule has 0 bridgehead atoms. The summed E-state index contributed by atoms with van der Waals surface area (Å²) in [5, 5.41) is 12.1. The maximum Gasteiger partial charge on any atom is 0.137 e. The molecule has 0 atom stereocenters. The predicted molar refractivity (Wildman–Crippen MR) is 209 cm³/mol. The lowest BCUT2D eigenvalue weighted by atomic mass is 9.82. The Hall–Kier alpha value is -6.26. The Bertz CT molecular complexity index is 2630. The number of hydrogen-bond acceptors (Lipinski definition) is 3. The van der Waals surface area contributed by atoms with E-state index in [0.717, 1.165) is 72.9 Å². The molecule has 4 heteroatoms. The number of fused-ring (bicyclic) bond motifs is 4. The van der Waals surface area contributed by atoms with E-state index in [2.05, 4.69) is 141 Å². The summed E-state index contributed by atoms with van der Waals surface area (Å²) >= 11 is 0. The number of aromatic nitrogens is 3. The average molecular weight is 660 g/mol. The van der Waals surface area contributed by atoms with Gasteiger partial charge in [0.05, 0.1) is 22.8 Å². The van der Waals surface area contributed by atoms with Gasteiger partial charge in [0.1, 0.15) is 11.4 Å². The quantitative estimate of drug-likeness (QED) is 0.200. The number of aryl methyl sites for hydroxylation is 2. The summed E-state index contributed by atoms with van der Waals surface area (Å²) in [5.74, 6) is 0.272. The minimum absolute atomic E-state index is 0.211. The molecule has 0 unspecified atom stereocenters. The first-order valence-corrected chi connectivity index (χ1v) is 17.5. The van der Waals surface area contributed by atoms with Crippen molar-refractivity contribution in [3.63, 3.8) is 0 Å². The van der Waals surface area contributed by atoms with Gasteiger partial charge in [0, 0.05) is 39.4 Å². The zero-order valence-electron chi connectivity index (χ0n) is 29.1. The van der Waals surface area contributed by atoms with Gasteiger partial charge < -0.3 is 5.11 Å². The Labute approximate surface area is 298 Å². The molecule has 1 N–H and O–H groups in total. The van der Waals surface area contributed by atoms with Crippen molar-refractivity contribution in [3.05, 3.63) is 168 Å². The SMILES string of the molecule is Cc1cccc(C)c1-c1cc(-c2cccc(-c3nc4ccccn4c3-c3ccccc3)c2)nc(-c2ccc3c(c2O)-c2ccccc2C3(C)C)c1. The minimum atomic E-state index is -0.211. The first kappa shape index (κ1) is 30.8. The summed E-state index contributed by atoms with van der Waals surface area (Å²) in [5.41, 5.74) is 17.0. The zero-order chi connectivity index (χ0) is 34.9. The summed E-state index contributed by atoms with van der Waals surface area (Å²) in [6.45, 7) is 8.77. The lowest BCUT2D eigenvalue weighted by molar-refractivity contribution is 0.478. The Morgan fingerprint density at radius 1 is 0.529 bits per heavy atom. The van der Waals surface area contributed by atoms with E-state index in [-0.39, 0.29) is 11.2 Å². The fourth-order valence-corrected chi connectivity index (χ4v) is 8.11. The van der Waals surface area contributed by atoms with E-state index in [9.17, 15) is 5.11 Å². The van der Waals surface area contributed by atoms with Gasteiger partial charge in [-0.1, -0.05) is 117 Å². The molecule has 1 aliphatic carbocycles. The Morgan fingerprint density at radius 2 is 1.22 bits per heavy atom. The molecular formula is C47H37N3O. The van der Waals surface area contributed by atoms with E-state index >= 15 is 0 Å². The lowest BCUT2D eigenvalue weighted by Gasteiger charge is -2.22. The lowest BCUT2D eigenvalue weighted by Crippen LogP contribution is -2.14. The normalized spacial score (nSPS) is 12.9. The van der Waals surface area contributed by atoms with Crippen LogP contribution in [0.15, 0.2) is 146 Å². The summed E-state index contributed by atoms with van der Waals surface area (Å²) in [6, 6.07) is 48.4. The number of pyridine rings is 2. The molecule has 246 valence electrons. The molecule has 5 aromatic carbocycles. The number of aromatic hydroxyl groups is 1. The molecule has 9 rings (SSSR count). The summed E-state index contributed by atoms with van der Waals surface area (Å²) in [6.07, 6.45) is 2.07. The number of phenolic OH excluding ortho intramolecular Hbond substituents is 1. The second kappa shape index (κ2) is 11.7. The molecule has 51 heavy (non-hydrogen) atoms. The van der Waals surface area contributed by atoms with Crippen LogP contribution in [0.4, 0.5) is 0 Å². The van der Waals surface area contributed by atoms with Crippen molar-refractivity contribution in [1.29, 1.82) is 0 Å². The van der Waals surface area contributed by atoms with Crippen LogP contribution < -0.4 is 0 Å². The van der Waals surface area contributed by atoms with E-state index in [1.165, 1.54) is 22.3 Å². The maximum atomic E-state index is 12.1. The molecule has 0 radical (unpaired) electrons. The fourth-order valence-electron chi connectivity index (χ4n) is 8.11. The van der Waals surface area contributed by atoms with Gasteiger partial charge in [-0.05, 0) is 89.2 Å². The van der Waals surface area contributed by atoms with Crippen LogP contribution in [-0.4, -0.2) is 19.5 Å². The van der Waals surface area contributed by atoms with Gasteiger partial charge in [-0.15, -0.1) is 0 Å². The highest BCUT2D eigenvalue weighted by Gasteiger charge is 2.37. The number of nitrogens with zero attached hydrogens (tertiary/aromatic N) is 3. The van der Waals surface area contributed by atoms with Gasteiger partial charge >= 0.3 is 0 Å². The van der Waals surface area contributed by atoms with Crippen LogP contribution in [0.2, 0.25) is 0 Å². The van der Waals surface area contributed by atoms with Crippen LogP contribution in [0, 0.1) is 13.8 Å². The molecular weight excluding hydrogens is 623 g/mol. The second-order valence-corrected chi connectivity index (χ2v) is 14.1. The van der Waals surface area contributed by atoms with Crippen molar-refractivity contribution in [2.75, 3.05) is 0 Å². The van der Waals surface area contributed by atoms with Crippen LogP contribution >= 0.6 is 0 Å². The number of hydrogen-bond donors (Lipinski definition) is 1. The molecule has 0 aliphatic heterocycles. The standard InChI is InChI=1S/C47H37N3O/c1-29-14-12-15-30(2)42(29)34-27-39(48-40(28-34)36-23-24-38-43(46(36)51)35-20-8-9-21-37(35)47(38,3)4)32-18-13-19-33(26-32)44-45(31-16-6-5-7-17-31)50-25-11-10-22-41(50)49-44/h5-28,51H,1-4H3. The molecule has 3 heterocycles. The third kappa shape index (κ3) is 4.90. The van der Waals surface area contributed by atoms with Crippen molar-refractivity contribution in [2.45, 2.75) is 33.1 Å². The average Bonchev–Trinajstić information content (AvgIpc) is 3.65. The zero-order valence-corrected chi connectivity index (χ0v) is 29.1. The largest absolute Gasteiger partial charge is 0.507 e. The van der Waals surface area contributed by atoms with Gasteiger partial charge in [0.15, 0.2) is 0 Å². The Balaban J connectivity index is 1.25. The van der Waals surface area contributed by atoms with Crippen LogP contribution in [0.1, 0.15) is 36.1 Å². The van der Waals surface area contributed by atoms with Gasteiger partial charge in [-0.2, -0.15) is 0 Å². The topological polar surface area (TPSA) is 50.4 Å². The van der Waals surface area contributed by atoms with Crippen LogP contribution in [0.5, 0.6) is 5.75 Å². The van der Waals surface area contributed by atoms with Gasteiger partial charge in [0.2, 0.25) is 0 Å². The van der Waals surface area contributed by atoms with Crippen LogP contribution in [0.3, 0.4) is 0 Å². The van der Waals surface area contributed by atoms with E-state index in [0.29, 0.717) is 0 Å². The van der Waals surface area contributed by atoms with Crippen LogP contribution in [0.25, 0.3) is 72.9 Å². The first-order chi connectivity index (χ1) is 24.8. The molecule has 0 saturated heterocycles. The molecule has 1 aliphatic rings. The molecule has 0 amide bonds. The number of phenols is 1. The summed E-state index contributed by atoms with van der Waals surface area (Å²) in [4.78, 5) is 10.4. The minimum Gasteiger partial charge on any atom is -0.507 e. The van der Waals surface area contributed by atoms with E-state index in [4.69, 9.17) is 9.97 Å². The van der Waals surface area contributed by atoms with Crippen molar-refractivity contribution in [2.24, 2.45) is 0 Å². The Kier molecular flexibility index (Phi) is 7.04. The maximum absolute atomic E-state index is 12.1. The predicted octanol–water partition coefficient (Wildman–Crippen LogP) is 11.7. The summed E-state index contributed by atoms with van der Waals surface area (Å²) < 4.78 is 2.16. The number of rotatable bonds is 5. The molecule has 0 saturated carbocycles. The molecule has 8 aromatic rings. The van der Waals surface area contributed by atoms with Crippen LogP contribution in [-0.2, 0) is 5.41 Å². The Morgan fingerprint density at radius 3 is 2.04 bits per heavy atom. The first-order valence-electron chi connectivity index (χ1n) is 17.5. The third-order valence-corrected chi connectivity index (χ3v) is 10.6. The fraction of sp³-hybridized carbons (Fsp3) is 0.106. The number of imidazole rings is 1. The number of benzene rings is 5. The van der Waals surface area contributed by atoms with Crippen molar-refractivity contribution in [3.8, 4) is 73.0 Å². The van der Waals surface area contributed by atoms with E-state index < -0.39 is 0 Å². The highest BCUT2D eigenvalue weighted by atomic mass is 16.3. The van der Waals surface area contributed by atoms with Crippen molar-refractivity contribution in [1.82, 2.24) is 14.4 Å². The highest BCUT2D eigenvalue weighted by Crippen LogP contribution is 2.54. The highest BCUT2D eigenvalue weighted by molar-refractivity contribution is 5.92. The third-order valence-electron chi connectivity index (χ3n) is 10.6. The van der Waals surface area contributed by atoms with Gasteiger partial charge in [-0.3, -0.25) is 4.40 Å². The smallest absolute Gasteiger partial charge is 0.137 e. The monoisotopic (exact) mass is 659 g/mol. The summed E-state index contributed by atoms with van der Waals surface area (Å²) in [7, 11) is 0.